The Morgan fingerprint density at radius 3 is 2.63 bits per heavy atom. The Labute approximate surface area is 121 Å². The lowest BCUT2D eigenvalue weighted by Crippen LogP contribution is -2.17. The molecule has 2 heteroatoms. The Kier molecular flexibility index (Phi) is 3.34. The van der Waals surface area contributed by atoms with Crippen LogP contribution in [0.15, 0.2) is 73.1 Å². The molecule has 1 aromatic carbocycles. The van der Waals surface area contributed by atoms with Crippen molar-refractivity contribution in [2.75, 3.05) is 0 Å². The molecule has 0 fully saturated rings. The Bertz CT molecular complexity index is 616. The average Bonchev–Trinajstić information content (AvgIpc) is 2.49. The van der Waals surface area contributed by atoms with E-state index in [0.717, 1.165) is 6.42 Å². The molecule has 1 atom stereocenters. The summed E-state index contributed by atoms with van der Waals surface area (Å²) in [6.45, 7) is 0. The number of allylic oxidation sites excluding steroid dienone is 4. The van der Waals surface area contributed by atoms with Gasteiger partial charge in [0, 0.05) is 12.4 Å². The van der Waals surface area contributed by atoms with Crippen LogP contribution >= 0.6 is 15.9 Å². The normalized spacial score (nSPS) is 22.1. The molecule has 19 heavy (non-hydrogen) atoms. The number of hydrogen-bond acceptors (Lipinski definition) is 1. The third-order valence-electron chi connectivity index (χ3n) is 3.39. The molecule has 0 N–H and O–H groups in total. The average molecular weight is 312 g/mol. The molecule has 1 aromatic heterocycles. The van der Waals surface area contributed by atoms with Gasteiger partial charge in [-0.1, -0.05) is 70.6 Å². The molecule has 0 saturated heterocycles. The molecule has 1 aliphatic rings. The number of halogens is 1. The first-order valence-corrected chi connectivity index (χ1v) is 7.10. The highest BCUT2D eigenvalue weighted by atomic mass is 79.9. The number of hydrogen-bond donors (Lipinski definition) is 0. The summed E-state index contributed by atoms with van der Waals surface area (Å²) >= 11 is 3.89. The van der Waals surface area contributed by atoms with Gasteiger partial charge in [-0.2, -0.15) is 0 Å². The van der Waals surface area contributed by atoms with Crippen LogP contribution in [0.1, 0.15) is 17.5 Å². The van der Waals surface area contributed by atoms with Gasteiger partial charge in [0.25, 0.3) is 0 Å². The van der Waals surface area contributed by atoms with Crippen molar-refractivity contribution in [3.05, 3.63) is 84.2 Å². The number of rotatable bonds is 2. The SMILES string of the molecule is BrC1(c2ccccc2)C=CC=C(c2cccnc2)C1. The van der Waals surface area contributed by atoms with E-state index in [4.69, 9.17) is 0 Å². The number of pyridine rings is 1. The maximum absolute atomic E-state index is 4.20. The zero-order valence-electron chi connectivity index (χ0n) is 10.5. The maximum atomic E-state index is 4.20. The van der Waals surface area contributed by atoms with Gasteiger partial charge < -0.3 is 0 Å². The molecule has 0 amide bonds. The van der Waals surface area contributed by atoms with Crippen LogP contribution in [-0.4, -0.2) is 4.98 Å². The minimum atomic E-state index is -0.117. The summed E-state index contributed by atoms with van der Waals surface area (Å²) in [5, 5.41) is 0. The van der Waals surface area contributed by atoms with E-state index in [2.05, 4.69) is 69.5 Å². The summed E-state index contributed by atoms with van der Waals surface area (Å²) in [6, 6.07) is 14.6. The smallest absolute Gasteiger partial charge is 0.0729 e. The van der Waals surface area contributed by atoms with Crippen molar-refractivity contribution >= 4 is 21.5 Å². The van der Waals surface area contributed by atoms with E-state index >= 15 is 0 Å². The second-order valence-electron chi connectivity index (χ2n) is 4.70. The first-order chi connectivity index (χ1) is 9.28. The first-order valence-electron chi connectivity index (χ1n) is 6.31. The van der Waals surface area contributed by atoms with Gasteiger partial charge in [0.2, 0.25) is 0 Å². The summed E-state index contributed by atoms with van der Waals surface area (Å²) in [4.78, 5) is 4.20. The van der Waals surface area contributed by atoms with Gasteiger partial charge >= 0.3 is 0 Å². The minimum Gasteiger partial charge on any atom is -0.264 e. The lowest BCUT2D eigenvalue weighted by Gasteiger charge is -2.28. The Balaban J connectivity index is 1.94. The molecule has 0 spiro atoms. The summed E-state index contributed by atoms with van der Waals surface area (Å²) in [7, 11) is 0. The zero-order chi connectivity index (χ0) is 13.1. The van der Waals surface area contributed by atoms with Crippen molar-refractivity contribution in [3.8, 4) is 0 Å². The molecule has 94 valence electrons. The van der Waals surface area contributed by atoms with Gasteiger partial charge in [-0.25, -0.2) is 0 Å². The summed E-state index contributed by atoms with van der Waals surface area (Å²) < 4.78 is -0.117. The molecule has 1 nitrogen and oxygen atoms in total. The van der Waals surface area contributed by atoms with Crippen molar-refractivity contribution in [1.82, 2.24) is 4.98 Å². The fourth-order valence-corrected chi connectivity index (χ4v) is 3.10. The monoisotopic (exact) mass is 311 g/mol. The largest absolute Gasteiger partial charge is 0.264 e. The standard InChI is InChI=1S/C17H14BrN/c18-17(16-8-2-1-3-9-16)10-4-6-14(12-17)15-7-5-11-19-13-15/h1-11,13H,12H2. The van der Waals surface area contributed by atoms with Gasteiger partial charge in [0.05, 0.1) is 4.32 Å². The molecule has 3 rings (SSSR count). The summed E-state index contributed by atoms with van der Waals surface area (Å²) in [5.74, 6) is 0. The van der Waals surface area contributed by atoms with Crippen LogP contribution in [0.4, 0.5) is 0 Å². The maximum Gasteiger partial charge on any atom is 0.0729 e. The highest BCUT2D eigenvalue weighted by molar-refractivity contribution is 9.09. The Morgan fingerprint density at radius 2 is 1.89 bits per heavy atom. The van der Waals surface area contributed by atoms with Crippen LogP contribution in [0.2, 0.25) is 0 Å². The van der Waals surface area contributed by atoms with E-state index in [1.54, 1.807) is 6.20 Å². The second kappa shape index (κ2) is 5.14. The lowest BCUT2D eigenvalue weighted by atomic mass is 9.86. The van der Waals surface area contributed by atoms with Gasteiger partial charge in [-0.15, -0.1) is 0 Å². The molecule has 2 aromatic rings. The Hall–Kier alpha value is -1.67. The third-order valence-corrected chi connectivity index (χ3v) is 4.39. The predicted octanol–water partition coefficient (Wildman–Crippen LogP) is 4.72. The summed E-state index contributed by atoms with van der Waals surface area (Å²) in [5.41, 5.74) is 3.77. The van der Waals surface area contributed by atoms with Crippen LogP contribution in [0, 0.1) is 0 Å². The molecule has 0 saturated carbocycles. The van der Waals surface area contributed by atoms with E-state index in [9.17, 15) is 0 Å². The third kappa shape index (κ3) is 2.54. The van der Waals surface area contributed by atoms with Gasteiger partial charge in [-0.05, 0) is 29.2 Å². The quantitative estimate of drug-likeness (QED) is 0.732. The van der Waals surface area contributed by atoms with Gasteiger partial charge in [0.15, 0.2) is 0 Å². The highest BCUT2D eigenvalue weighted by Gasteiger charge is 2.29. The molecule has 1 unspecified atom stereocenters. The lowest BCUT2D eigenvalue weighted by molar-refractivity contribution is 0.810. The highest BCUT2D eigenvalue weighted by Crippen LogP contribution is 2.43. The minimum absolute atomic E-state index is 0.117. The van der Waals surface area contributed by atoms with Crippen molar-refractivity contribution in [3.63, 3.8) is 0 Å². The molecule has 0 aliphatic heterocycles. The van der Waals surface area contributed by atoms with Crippen molar-refractivity contribution in [2.24, 2.45) is 0 Å². The van der Waals surface area contributed by atoms with E-state index < -0.39 is 0 Å². The number of aromatic nitrogens is 1. The second-order valence-corrected chi connectivity index (χ2v) is 6.11. The zero-order valence-corrected chi connectivity index (χ0v) is 12.0. The number of alkyl halides is 1. The number of nitrogens with zero attached hydrogens (tertiary/aromatic N) is 1. The molecular weight excluding hydrogens is 298 g/mol. The van der Waals surface area contributed by atoms with Crippen LogP contribution in [0.3, 0.4) is 0 Å². The fraction of sp³-hybridized carbons (Fsp3) is 0.118. The van der Waals surface area contributed by atoms with Crippen LogP contribution in [0.5, 0.6) is 0 Å². The van der Waals surface area contributed by atoms with Gasteiger partial charge in [0.1, 0.15) is 0 Å². The topological polar surface area (TPSA) is 12.9 Å². The molecule has 1 aliphatic carbocycles. The molecule has 0 bridgehead atoms. The van der Waals surface area contributed by atoms with E-state index in [1.807, 2.05) is 18.3 Å². The van der Waals surface area contributed by atoms with E-state index in [1.165, 1.54) is 16.7 Å². The first kappa shape index (κ1) is 12.4. The van der Waals surface area contributed by atoms with Crippen molar-refractivity contribution < 1.29 is 0 Å². The van der Waals surface area contributed by atoms with E-state index in [0.29, 0.717) is 0 Å². The van der Waals surface area contributed by atoms with Crippen LogP contribution < -0.4 is 0 Å². The summed E-state index contributed by atoms with van der Waals surface area (Å²) in [6.07, 6.45) is 11.2. The van der Waals surface area contributed by atoms with E-state index in [-0.39, 0.29) is 4.32 Å². The van der Waals surface area contributed by atoms with Gasteiger partial charge in [-0.3, -0.25) is 4.98 Å². The molecule has 0 radical (unpaired) electrons. The predicted molar refractivity (Wildman–Crippen MR) is 83.0 cm³/mol. The van der Waals surface area contributed by atoms with Crippen molar-refractivity contribution in [1.29, 1.82) is 0 Å². The molecular formula is C17H14BrN. The van der Waals surface area contributed by atoms with Crippen molar-refractivity contribution in [2.45, 2.75) is 10.7 Å². The van der Waals surface area contributed by atoms with Crippen LogP contribution in [-0.2, 0) is 4.32 Å². The fourth-order valence-electron chi connectivity index (χ4n) is 2.38. The van der Waals surface area contributed by atoms with Crippen LogP contribution in [0.25, 0.3) is 5.57 Å². The molecule has 1 heterocycles. The number of benzene rings is 1. The Morgan fingerprint density at radius 1 is 1.05 bits per heavy atom.